The second-order valence-corrected chi connectivity index (χ2v) is 5.51. The summed E-state index contributed by atoms with van der Waals surface area (Å²) in [6, 6.07) is 8.04. The molecule has 1 aromatic carbocycles. The number of hydrogen-bond donors (Lipinski definition) is 1. The van der Waals surface area contributed by atoms with Gasteiger partial charge in [-0.15, -0.1) is 5.10 Å². The Morgan fingerprint density at radius 3 is 2.67 bits per heavy atom. The Balaban J connectivity index is 1.79. The zero-order valence-corrected chi connectivity index (χ0v) is 12.5. The summed E-state index contributed by atoms with van der Waals surface area (Å²) in [4.78, 5) is 0. The van der Waals surface area contributed by atoms with Gasteiger partial charge in [0.05, 0.1) is 18.0 Å². The summed E-state index contributed by atoms with van der Waals surface area (Å²) in [5, 5.41) is 8.48. The number of aromatic nitrogens is 3. The van der Waals surface area contributed by atoms with Crippen LogP contribution in [0.1, 0.15) is 49.9 Å². The van der Waals surface area contributed by atoms with Crippen LogP contribution in [0.5, 0.6) is 5.75 Å². The number of benzene rings is 1. The highest BCUT2D eigenvalue weighted by atomic mass is 16.5. The van der Waals surface area contributed by atoms with E-state index in [0.717, 1.165) is 36.6 Å². The van der Waals surface area contributed by atoms with Crippen molar-refractivity contribution in [3.8, 4) is 11.4 Å². The van der Waals surface area contributed by atoms with Crippen molar-refractivity contribution in [2.75, 3.05) is 6.61 Å². The Kier molecular flexibility index (Phi) is 4.20. The SMILES string of the molecule is CCCCOc1ccc(-n2nnc(CN)c2C2CC2)cc1. The summed E-state index contributed by atoms with van der Waals surface area (Å²) >= 11 is 0. The van der Waals surface area contributed by atoms with Gasteiger partial charge in [0.25, 0.3) is 0 Å². The smallest absolute Gasteiger partial charge is 0.119 e. The van der Waals surface area contributed by atoms with Crippen molar-refractivity contribution in [1.82, 2.24) is 15.0 Å². The largest absolute Gasteiger partial charge is 0.494 e. The van der Waals surface area contributed by atoms with Crippen LogP contribution in [0.2, 0.25) is 0 Å². The third-order valence-corrected chi connectivity index (χ3v) is 3.78. The Bertz CT molecular complexity index is 587. The molecule has 0 aliphatic heterocycles. The van der Waals surface area contributed by atoms with Gasteiger partial charge in [-0.1, -0.05) is 18.6 Å². The Hall–Kier alpha value is -1.88. The van der Waals surface area contributed by atoms with Crippen molar-refractivity contribution in [2.45, 2.75) is 45.1 Å². The lowest BCUT2D eigenvalue weighted by molar-refractivity contribution is 0.309. The third-order valence-electron chi connectivity index (χ3n) is 3.78. The van der Waals surface area contributed by atoms with Gasteiger partial charge in [0.15, 0.2) is 0 Å². The molecule has 1 aliphatic carbocycles. The highest BCUT2D eigenvalue weighted by molar-refractivity contribution is 5.39. The lowest BCUT2D eigenvalue weighted by Gasteiger charge is -2.09. The molecule has 1 fully saturated rings. The molecular formula is C16H22N4O. The van der Waals surface area contributed by atoms with Gasteiger partial charge in [-0.2, -0.15) is 0 Å². The topological polar surface area (TPSA) is 66.0 Å². The van der Waals surface area contributed by atoms with E-state index < -0.39 is 0 Å². The van der Waals surface area contributed by atoms with Gasteiger partial charge in [0.1, 0.15) is 11.4 Å². The molecule has 1 aromatic heterocycles. The minimum atomic E-state index is 0.448. The first-order valence-electron chi connectivity index (χ1n) is 7.71. The van der Waals surface area contributed by atoms with E-state index in [1.807, 2.05) is 28.9 Å². The van der Waals surface area contributed by atoms with E-state index >= 15 is 0 Å². The van der Waals surface area contributed by atoms with Crippen LogP contribution in [-0.4, -0.2) is 21.6 Å². The fourth-order valence-corrected chi connectivity index (χ4v) is 2.44. The number of ether oxygens (including phenoxy) is 1. The summed E-state index contributed by atoms with van der Waals surface area (Å²) in [6.07, 6.45) is 4.64. The Morgan fingerprint density at radius 2 is 2.05 bits per heavy atom. The molecule has 2 aromatic rings. The maximum Gasteiger partial charge on any atom is 0.119 e. The molecule has 1 saturated carbocycles. The quantitative estimate of drug-likeness (QED) is 0.795. The molecule has 0 amide bonds. The first kappa shape index (κ1) is 14.1. The second kappa shape index (κ2) is 6.26. The zero-order chi connectivity index (χ0) is 14.7. The molecule has 1 aliphatic rings. The summed E-state index contributed by atoms with van der Waals surface area (Å²) in [5.74, 6) is 1.47. The molecule has 0 radical (unpaired) electrons. The van der Waals surface area contributed by atoms with Crippen LogP contribution in [0.3, 0.4) is 0 Å². The normalized spacial score (nSPS) is 14.4. The Labute approximate surface area is 125 Å². The number of unbranched alkanes of at least 4 members (excludes halogenated alkanes) is 1. The molecule has 21 heavy (non-hydrogen) atoms. The molecule has 5 nitrogen and oxygen atoms in total. The maximum atomic E-state index is 5.76. The van der Waals surface area contributed by atoms with Crippen LogP contribution >= 0.6 is 0 Å². The zero-order valence-electron chi connectivity index (χ0n) is 12.5. The predicted octanol–water partition coefficient (Wildman–Crippen LogP) is 2.78. The van der Waals surface area contributed by atoms with Crippen LogP contribution in [-0.2, 0) is 6.54 Å². The highest BCUT2D eigenvalue weighted by Crippen LogP contribution is 2.41. The number of nitrogens with zero attached hydrogens (tertiary/aromatic N) is 3. The van der Waals surface area contributed by atoms with E-state index in [1.54, 1.807) is 0 Å². The fourth-order valence-electron chi connectivity index (χ4n) is 2.44. The minimum Gasteiger partial charge on any atom is -0.494 e. The monoisotopic (exact) mass is 286 g/mol. The highest BCUT2D eigenvalue weighted by Gasteiger charge is 2.31. The van der Waals surface area contributed by atoms with Gasteiger partial charge in [-0.3, -0.25) is 0 Å². The van der Waals surface area contributed by atoms with Gasteiger partial charge in [0.2, 0.25) is 0 Å². The van der Waals surface area contributed by atoms with E-state index in [1.165, 1.54) is 18.5 Å². The van der Waals surface area contributed by atoms with Crippen LogP contribution < -0.4 is 10.5 Å². The maximum absolute atomic E-state index is 5.76. The third kappa shape index (κ3) is 3.08. The first-order chi connectivity index (χ1) is 10.3. The summed E-state index contributed by atoms with van der Waals surface area (Å²) in [5.41, 5.74) is 8.88. The molecule has 0 spiro atoms. The number of hydrogen-bond acceptors (Lipinski definition) is 4. The van der Waals surface area contributed by atoms with Crippen LogP contribution in [0.4, 0.5) is 0 Å². The Morgan fingerprint density at radius 1 is 1.29 bits per heavy atom. The van der Waals surface area contributed by atoms with Crippen molar-refractivity contribution < 1.29 is 4.74 Å². The minimum absolute atomic E-state index is 0.448. The summed E-state index contributed by atoms with van der Waals surface area (Å²) < 4.78 is 7.61. The standard InChI is InChI=1S/C16H22N4O/c1-2-3-10-21-14-8-6-13(7-9-14)20-16(12-4-5-12)15(11-17)18-19-20/h6-9,12H,2-5,10-11,17H2,1H3. The van der Waals surface area contributed by atoms with Crippen molar-refractivity contribution in [3.63, 3.8) is 0 Å². The van der Waals surface area contributed by atoms with Gasteiger partial charge in [0, 0.05) is 12.5 Å². The van der Waals surface area contributed by atoms with Gasteiger partial charge in [-0.25, -0.2) is 4.68 Å². The molecule has 0 saturated heterocycles. The van der Waals surface area contributed by atoms with Crippen molar-refractivity contribution in [2.24, 2.45) is 5.73 Å². The number of rotatable bonds is 7. The predicted molar refractivity (Wildman–Crippen MR) is 81.6 cm³/mol. The van der Waals surface area contributed by atoms with Crippen LogP contribution in [0, 0.1) is 0 Å². The van der Waals surface area contributed by atoms with E-state index in [0.29, 0.717) is 12.5 Å². The lowest BCUT2D eigenvalue weighted by Crippen LogP contribution is -2.05. The molecule has 3 rings (SSSR count). The summed E-state index contributed by atoms with van der Waals surface area (Å²) in [7, 11) is 0. The average molecular weight is 286 g/mol. The van der Waals surface area contributed by atoms with Crippen molar-refractivity contribution in [1.29, 1.82) is 0 Å². The van der Waals surface area contributed by atoms with Crippen LogP contribution in [0.15, 0.2) is 24.3 Å². The molecular weight excluding hydrogens is 264 g/mol. The van der Waals surface area contributed by atoms with Crippen molar-refractivity contribution >= 4 is 0 Å². The molecule has 0 bridgehead atoms. The molecule has 5 heteroatoms. The second-order valence-electron chi connectivity index (χ2n) is 5.51. The first-order valence-corrected chi connectivity index (χ1v) is 7.71. The van der Waals surface area contributed by atoms with Crippen molar-refractivity contribution in [3.05, 3.63) is 35.7 Å². The van der Waals surface area contributed by atoms with Gasteiger partial charge in [-0.05, 0) is 43.5 Å². The number of nitrogens with two attached hydrogens (primary N) is 1. The van der Waals surface area contributed by atoms with Crippen LogP contribution in [0.25, 0.3) is 5.69 Å². The molecule has 0 atom stereocenters. The van der Waals surface area contributed by atoms with E-state index in [4.69, 9.17) is 10.5 Å². The fraction of sp³-hybridized carbons (Fsp3) is 0.500. The molecule has 1 heterocycles. The van der Waals surface area contributed by atoms with E-state index in [9.17, 15) is 0 Å². The van der Waals surface area contributed by atoms with Gasteiger partial charge < -0.3 is 10.5 Å². The average Bonchev–Trinajstić information content (AvgIpc) is 3.27. The van der Waals surface area contributed by atoms with Gasteiger partial charge >= 0.3 is 0 Å². The van der Waals surface area contributed by atoms with E-state index in [-0.39, 0.29) is 0 Å². The molecule has 2 N–H and O–H groups in total. The lowest BCUT2D eigenvalue weighted by atomic mass is 10.2. The summed E-state index contributed by atoms with van der Waals surface area (Å²) in [6.45, 7) is 3.37. The molecule has 0 unspecified atom stereocenters. The van der Waals surface area contributed by atoms with E-state index in [2.05, 4.69) is 17.2 Å². The molecule has 112 valence electrons.